The van der Waals surface area contributed by atoms with E-state index in [1.807, 2.05) is 35.9 Å². The maximum absolute atomic E-state index is 11.8. The Hall–Kier alpha value is -1.97. The molecule has 2 N–H and O–H groups in total. The zero-order chi connectivity index (χ0) is 14.8. The number of primary amides is 1. The Kier molecular flexibility index (Phi) is 3.86. The highest BCUT2D eigenvalue weighted by Gasteiger charge is 2.22. The molecule has 0 bridgehead atoms. The average molecular weight is 286 g/mol. The third-order valence-electron chi connectivity index (χ3n) is 4.48. The van der Waals surface area contributed by atoms with Crippen molar-refractivity contribution in [3.8, 4) is 5.75 Å². The van der Waals surface area contributed by atoms with Crippen molar-refractivity contribution >= 4 is 16.8 Å². The molecule has 0 atom stereocenters. The van der Waals surface area contributed by atoms with Crippen molar-refractivity contribution in [1.82, 2.24) is 4.57 Å². The number of ether oxygens (including phenoxy) is 1. The Morgan fingerprint density at radius 1 is 1.29 bits per heavy atom. The maximum Gasteiger partial charge on any atom is 0.269 e. The second kappa shape index (κ2) is 5.80. The second-order valence-electron chi connectivity index (χ2n) is 5.93. The molecule has 4 heteroatoms. The number of carbonyl (C=O) groups excluding carboxylic acids is 1. The van der Waals surface area contributed by atoms with E-state index in [2.05, 4.69) is 0 Å². The Labute approximate surface area is 124 Å². The van der Waals surface area contributed by atoms with Crippen molar-refractivity contribution in [2.45, 2.75) is 32.1 Å². The van der Waals surface area contributed by atoms with Gasteiger partial charge in [-0.05, 0) is 30.9 Å². The van der Waals surface area contributed by atoms with Gasteiger partial charge in [-0.25, -0.2) is 0 Å². The van der Waals surface area contributed by atoms with E-state index < -0.39 is 5.91 Å². The van der Waals surface area contributed by atoms with Crippen molar-refractivity contribution < 1.29 is 9.53 Å². The SMILES string of the molecule is Cn1c(C(N)=O)c(OCC2CCCCC2)c2ccccc21. The third kappa shape index (κ3) is 2.62. The summed E-state index contributed by atoms with van der Waals surface area (Å²) in [6, 6.07) is 7.88. The van der Waals surface area contributed by atoms with Gasteiger partial charge in [0.15, 0.2) is 5.75 Å². The van der Waals surface area contributed by atoms with Crippen LogP contribution in [0, 0.1) is 5.92 Å². The number of carbonyl (C=O) groups is 1. The Bertz CT molecular complexity index is 654. The number of nitrogens with zero attached hydrogens (tertiary/aromatic N) is 1. The van der Waals surface area contributed by atoms with Crippen molar-refractivity contribution in [3.05, 3.63) is 30.0 Å². The van der Waals surface area contributed by atoms with Crippen LogP contribution in [0.5, 0.6) is 5.75 Å². The average Bonchev–Trinajstić information content (AvgIpc) is 2.79. The summed E-state index contributed by atoms with van der Waals surface area (Å²) in [5.41, 5.74) is 6.99. The van der Waals surface area contributed by atoms with Crippen LogP contribution in [0.25, 0.3) is 10.9 Å². The number of amides is 1. The molecule has 3 rings (SSSR count). The van der Waals surface area contributed by atoms with Crippen molar-refractivity contribution in [2.75, 3.05) is 6.61 Å². The molecule has 0 aliphatic heterocycles. The van der Waals surface area contributed by atoms with Crippen LogP contribution in [0.1, 0.15) is 42.6 Å². The van der Waals surface area contributed by atoms with E-state index >= 15 is 0 Å². The Balaban J connectivity index is 1.92. The van der Waals surface area contributed by atoms with Gasteiger partial charge in [0.25, 0.3) is 5.91 Å². The Morgan fingerprint density at radius 3 is 2.71 bits per heavy atom. The lowest BCUT2D eigenvalue weighted by Gasteiger charge is -2.21. The monoisotopic (exact) mass is 286 g/mol. The number of hydrogen-bond acceptors (Lipinski definition) is 2. The van der Waals surface area contributed by atoms with E-state index in [0.29, 0.717) is 24.0 Å². The second-order valence-corrected chi connectivity index (χ2v) is 5.93. The molecule has 1 fully saturated rings. The first-order valence-corrected chi connectivity index (χ1v) is 7.68. The standard InChI is InChI=1S/C17H22N2O2/c1-19-14-10-6-5-9-13(14)16(15(19)17(18)20)21-11-12-7-3-2-4-8-12/h5-6,9-10,12H,2-4,7-8,11H2,1H3,(H2,18,20). The first kappa shape index (κ1) is 14.0. The van der Waals surface area contributed by atoms with Gasteiger partial charge in [0.1, 0.15) is 5.69 Å². The number of fused-ring (bicyclic) bond motifs is 1. The molecule has 0 saturated heterocycles. The van der Waals surface area contributed by atoms with Gasteiger partial charge in [-0.15, -0.1) is 0 Å². The summed E-state index contributed by atoms with van der Waals surface area (Å²) in [4.78, 5) is 11.8. The topological polar surface area (TPSA) is 57.2 Å². The molecule has 1 aliphatic rings. The molecule has 0 radical (unpaired) electrons. The summed E-state index contributed by atoms with van der Waals surface area (Å²) < 4.78 is 7.88. The van der Waals surface area contributed by atoms with E-state index in [9.17, 15) is 4.79 Å². The van der Waals surface area contributed by atoms with Crippen molar-refractivity contribution in [3.63, 3.8) is 0 Å². The highest BCUT2D eigenvalue weighted by atomic mass is 16.5. The number of aromatic nitrogens is 1. The summed E-state index contributed by atoms with van der Waals surface area (Å²) in [5, 5.41) is 0.963. The van der Waals surface area contributed by atoms with Crippen LogP contribution in [-0.4, -0.2) is 17.1 Å². The molecule has 4 nitrogen and oxygen atoms in total. The molecule has 1 heterocycles. The van der Waals surface area contributed by atoms with E-state index in [1.165, 1.54) is 32.1 Å². The number of para-hydroxylation sites is 1. The van der Waals surface area contributed by atoms with Crippen molar-refractivity contribution in [1.29, 1.82) is 0 Å². The molecular formula is C17H22N2O2. The maximum atomic E-state index is 11.8. The van der Waals surface area contributed by atoms with Gasteiger partial charge in [-0.1, -0.05) is 31.4 Å². The summed E-state index contributed by atoms with van der Waals surface area (Å²) in [6.07, 6.45) is 6.34. The summed E-state index contributed by atoms with van der Waals surface area (Å²) >= 11 is 0. The van der Waals surface area contributed by atoms with Crippen LogP contribution in [0.4, 0.5) is 0 Å². The fourth-order valence-corrected chi connectivity index (χ4v) is 3.34. The minimum Gasteiger partial charge on any atom is -0.490 e. The van der Waals surface area contributed by atoms with Crippen LogP contribution < -0.4 is 10.5 Å². The van der Waals surface area contributed by atoms with E-state index in [0.717, 1.165) is 10.9 Å². The van der Waals surface area contributed by atoms with Crippen LogP contribution in [0.2, 0.25) is 0 Å². The van der Waals surface area contributed by atoms with Crippen LogP contribution in [0.3, 0.4) is 0 Å². The van der Waals surface area contributed by atoms with E-state index in [1.54, 1.807) is 0 Å². The minimum absolute atomic E-state index is 0.438. The number of hydrogen-bond donors (Lipinski definition) is 1. The molecule has 112 valence electrons. The predicted octanol–water partition coefficient (Wildman–Crippen LogP) is 3.24. The molecular weight excluding hydrogens is 264 g/mol. The molecule has 0 unspecified atom stereocenters. The fraction of sp³-hybridized carbons (Fsp3) is 0.471. The molecule has 1 saturated carbocycles. The van der Waals surface area contributed by atoms with Gasteiger partial charge in [-0.2, -0.15) is 0 Å². The fourth-order valence-electron chi connectivity index (χ4n) is 3.34. The lowest BCUT2D eigenvalue weighted by Crippen LogP contribution is -2.19. The molecule has 0 spiro atoms. The lowest BCUT2D eigenvalue weighted by atomic mass is 9.90. The van der Waals surface area contributed by atoms with E-state index in [-0.39, 0.29) is 0 Å². The lowest BCUT2D eigenvalue weighted by molar-refractivity contribution is 0.0987. The highest BCUT2D eigenvalue weighted by molar-refractivity contribution is 6.03. The smallest absolute Gasteiger partial charge is 0.269 e. The first-order chi connectivity index (χ1) is 10.2. The molecule has 1 aliphatic carbocycles. The first-order valence-electron chi connectivity index (χ1n) is 7.68. The predicted molar refractivity (Wildman–Crippen MR) is 83.5 cm³/mol. The van der Waals surface area contributed by atoms with Crippen molar-refractivity contribution in [2.24, 2.45) is 18.7 Å². The van der Waals surface area contributed by atoms with Gasteiger partial charge < -0.3 is 15.0 Å². The van der Waals surface area contributed by atoms with Crippen LogP contribution in [0.15, 0.2) is 24.3 Å². The summed E-state index contributed by atoms with van der Waals surface area (Å²) in [7, 11) is 1.86. The molecule has 21 heavy (non-hydrogen) atoms. The zero-order valence-corrected chi connectivity index (χ0v) is 12.5. The molecule has 1 aromatic carbocycles. The van der Waals surface area contributed by atoms with Gasteiger partial charge in [-0.3, -0.25) is 4.79 Å². The van der Waals surface area contributed by atoms with E-state index in [4.69, 9.17) is 10.5 Å². The summed E-state index contributed by atoms with van der Waals surface area (Å²) in [5.74, 6) is 0.803. The third-order valence-corrected chi connectivity index (χ3v) is 4.48. The number of rotatable bonds is 4. The number of nitrogens with two attached hydrogens (primary N) is 1. The van der Waals surface area contributed by atoms with Gasteiger partial charge in [0, 0.05) is 12.4 Å². The molecule has 2 aromatic rings. The van der Waals surface area contributed by atoms with Crippen LogP contribution >= 0.6 is 0 Å². The normalized spacial score (nSPS) is 16.2. The molecule has 1 amide bonds. The summed E-state index contributed by atoms with van der Waals surface area (Å²) in [6.45, 7) is 0.675. The minimum atomic E-state index is -0.438. The zero-order valence-electron chi connectivity index (χ0n) is 12.5. The van der Waals surface area contributed by atoms with Gasteiger partial charge >= 0.3 is 0 Å². The van der Waals surface area contributed by atoms with Gasteiger partial charge in [0.2, 0.25) is 0 Å². The van der Waals surface area contributed by atoms with Crippen LogP contribution in [-0.2, 0) is 7.05 Å². The quantitative estimate of drug-likeness (QED) is 0.938. The number of aryl methyl sites for hydroxylation is 1. The number of benzene rings is 1. The molecule has 1 aromatic heterocycles. The Morgan fingerprint density at radius 2 is 2.00 bits per heavy atom. The highest BCUT2D eigenvalue weighted by Crippen LogP contribution is 2.33. The largest absolute Gasteiger partial charge is 0.490 e. The van der Waals surface area contributed by atoms with Gasteiger partial charge in [0.05, 0.1) is 12.1 Å².